The van der Waals surface area contributed by atoms with E-state index in [0.29, 0.717) is 31.6 Å². The van der Waals surface area contributed by atoms with Gasteiger partial charge in [0.05, 0.1) is 0 Å². The summed E-state index contributed by atoms with van der Waals surface area (Å²) < 4.78 is 28.5. The van der Waals surface area contributed by atoms with E-state index in [1.165, 1.54) is 7.05 Å². The van der Waals surface area contributed by atoms with E-state index >= 15 is 0 Å². The molecule has 1 amide bonds. The number of halogens is 2. The summed E-state index contributed by atoms with van der Waals surface area (Å²) in [6, 6.07) is 9.17. The highest BCUT2D eigenvalue weighted by atomic mass is 32.1. The quantitative estimate of drug-likeness (QED) is 0.669. The maximum absolute atomic E-state index is 13.8. The largest absolute Gasteiger partial charge is 0.350 e. The first-order valence-electron chi connectivity index (χ1n) is 9.60. The van der Waals surface area contributed by atoms with Crippen molar-refractivity contribution >= 4 is 32.7 Å². The van der Waals surface area contributed by atoms with Crippen molar-refractivity contribution in [1.29, 1.82) is 0 Å². The molecule has 1 fully saturated rings. The minimum atomic E-state index is -3.25. The molecule has 0 spiro atoms. The first kappa shape index (κ1) is 20.4. The molecule has 1 saturated heterocycles. The number of rotatable bonds is 5. The fourth-order valence-electron chi connectivity index (χ4n) is 3.63. The van der Waals surface area contributed by atoms with Crippen LogP contribution in [0.3, 0.4) is 0 Å². The Morgan fingerprint density at radius 3 is 2.73 bits per heavy atom. The zero-order chi connectivity index (χ0) is 21.5. The SMILES string of the molecule is Cn1c(C(C)(F)F)nc2sc(N3CCCC3C(=O)NCc3ccccc3)nc2c1=O. The molecule has 2 aromatic heterocycles. The molecule has 158 valence electrons. The maximum atomic E-state index is 13.8. The van der Waals surface area contributed by atoms with Crippen LogP contribution in [0.25, 0.3) is 10.3 Å². The number of hydrogen-bond acceptors (Lipinski definition) is 6. The van der Waals surface area contributed by atoms with Crippen LogP contribution in [0.1, 0.15) is 31.2 Å². The van der Waals surface area contributed by atoms with Crippen LogP contribution in [-0.2, 0) is 24.3 Å². The van der Waals surface area contributed by atoms with E-state index in [1.807, 2.05) is 35.2 Å². The fraction of sp³-hybridized carbons (Fsp3) is 0.400. The van der Waals surface area contributed by atoms with E-state index < -0.39 is 23.3 Å². The standard InChI is InChI=1S/C20H21F2N5O2S/c1-20(21,22)18-25-16-14(17(29)26(18)2)24-19(30-16)27-10-6-9-13(27)15(28)23-11-12-7-4-3-5-8-12/h3-5,7-8,13H,6,9-11H2,1-2H3,(H,23,28). The Bertz CT molecular complexity index is 1140. The molecule has 3 aromatic rings. The molecule has 0 aliphatic carbocycles. The van der Waals surface area contributed by atoms with Crippen molar-refractivity contribution in [3.05, 3.63) is 52.1 Å². The second-order valence-corrected chi connectivity index (χ2v) is 8.35. The average Bonchev–Trinajstić information content (AvgIpc) is 3.35. The van der Waals surface area contributed by atoms with Gasteiger partial charge in [0.15, 0.2) is 21.3 Å². The van der Waals surface area contributed by atoms with Gasteiger partial charge in [0.2, 0.25) is 5.91 Å². The third-order valence-electron chi connectivity index (χ3n) is 5.13. The van der Waals surface area contributed by atoms with Gasteiger partial charge < -0.3 is 10.2 Å². The molecule has 7 nitrogen and oxygen atoms in total. The van der Waals surface area contributed by atoms with E-state index in [0.717, 1.165) is 27.9 Å². The van der Waals surface area contributed by atoms with Gasteiger partial charge in [-0.05, 0) is 18.4 Å². The first-order chi connectivity index (χ1) is 14.3. The van der Waals surface area contributed by atoms with Crippen LogP contribution in [0.5, 0.6) is 0 Å². The van der Waals surface area contributed by atoms with Crippen molar-refractivity contribution in [2.75, 3.05) is 11.4 Å². The summed E-state index contributed by atoms with van der Waals surface area (Å²) in [7, 11) is 1.26. The fourth-order valence-corrected chi connectivity index (χ4v) is 4.64. The van der Waals surface area contributed by atoms with Gasteiger partial charge in [-0.15, -0.1) is 0 Å². The molecule has 1 N–H and O–H groups in total. The van der Waals surface area contributed by atoms with Crippen molar-refractivity contribution in [3.63, 3.8) is 0 Å². The van der Waals surface area contributed by atoms with Gasteiger partial charge in [0.1, 0.15) is 6.04 Å². The number of hydrogen-bond donors (Lipinski definition) is 1. The van der Waals surface area contributed by atoms with E-state index in [1.54, 1.807) is 0 Å². The lowest BCUT2D eigenvalue weighted by Crippen LogP contribution is -2.43. The summed E-state index contributed by atoms with van der Waals surface area (Å²) in [5.41, 5.74) is 0.417. The topological polar surface area (TPSA) is 80.1 Å². The summed E-state index contributed by atoms with van der Waals surface area (Å²) in [6.07, 6.45) is 1.45. The van der Waals surface area contributed by atoms with Crippen molar-refractivity contribution in [2.24, 2.45) is 7.05 Å². The van der Waals surface area contributed by atoms with Crippen molar-refractivity contribution in [1.82, 2.24) is 19.9 Å². The highest BCUT2D eigenvalue weighted by Gasteiger charge is 2.35. The van der Waals surface area contributed by atoms with Crippen molar-refractivity contribution in [2.45, 2.75) is 38.3 Å². The normalized spacial score (nSPS) is 16.9. The smallest absolute Gasteiger partial charge is 0.302 e. The van der Waals surface area contributed by atoms with E-state index in [4.69, 9.17) is 0 Å². The lowest BCUT2D eigenvalue weighted by atomic mass is 10.2. The minimum absolute atomic E-state index is 0.0424. The average molecular weight is 433 g/mol. The second-order valence-electron chi connectivity index (χ2n) is 7.39. The Morgan fingerprint density at radius 1 is 1.30 bits per heavy atom. The monoisotopic (exact) mass is 433 g/mol. The van der Waals surface area contributed by atoms with Crippen LogP contribution in [0, 0.1) is 0 Å². The molecule has 1 aliphatic rings. The van der Waals surface area contributed by atoms with Gasteiger partial charge in [-0.1, -0.05) is 41.7 Å². The van der Waals surface area contributed by atoms with Gasteiger partial charge in [0, 0.05) is 27.1 Å². The minimum Gasteiger partial charge on any atom is -0.350 e. The van der Waals surface area contributed by atoms with Gasteiger partial charge in [-0.2, -0.15) is 8.78 Å². The van der Waals surface area contributed by atoms with Crippen molar-refractivity contribution < 1.29 is 13.6 Å². The lowest BCUT2D eigenvalue weighted by molar-refractivity contribution is -0.122. The molecule has 0 radical (unpaired) electrons. The zero-order valence-electron chi connectivity index (χ0n) is 16.6. The molecule has 30 heavy (non-hydrogen) atoms. The van der Waals surface area contributed by atoms with E-state index in [-0.39, 0.29) is 16.3 Å². The number of thiazole rings is 1. The van der Waals surface area contributed by atoms with Crippen LogP contribution in [0.4, 0.5) is 13.9 Å². The number of aromatic nitrogens is 3. The predicted octanol–water partition coefficient (Wildman–Crippen LogP) is 2.79. The number of benzene rings is 1. The second kappa shape index (κ2) is 7.75. The molecule has 1 aliphatic heterocycles. The van der Waals surface area contributed by atoms with Crippen LogP contribution in [0.15, 0.2) is 35.1 Å². The molecule has 1 unspecified atom stereocenters. The number of nitrogens with one attached hydrogen (secondary N) is 1. The Morgan fingerprint density at radius 2 is 2.03 bits per heavy atom. The van der Waals surface area contributed by atoms with Crippen LogP contribution in [0.2, 0.25) is 0 Å². The summed E-state index contributed by atoms with van der Waals surface area (Å²) in [5, 5.41) is 3.39. The van der Waals surface area contributed by atoms with Crippen LogP contribution < -0.4 is 15.8 Å². The third-order valence-corrected chi connectivity index (χ3v) is 6.12. The van der Waals surface area contributed by atoms with Crippen molar-refractivity contribution in [3.8, 4) is 0 Å². The molecular formula is C20H21F2N5O2S. The highest BCUT2D eigenvalue weighted by molar-refractivity contribution is 7.21. The van der Waals surface area contributed by atoms with Gasteiger partial charge in [0.25, 0.3) is 5.56 Å². The molecule has 1 atom stereocenters. The Labute approximate surface area is 175 Å². The molecule has 1 aromatic carbocycles. The maximum Gasteiger partial charge on any atom is 0.302 e. The predicted molar refractivity (Wildman–Crippen MR) is 111 cm³/mol. The third kappa shape index (κ3) is 3.79. The molecule has 0 saturated carbocycles. The Kier molecular flexibility index (Phi) is 5.27. The Balaban J connectivity index is 1.60. The van der Waals surface area contributed by atoms with Gasteiger partial charge in [-0.3, -0.25) is 14.2 Å². The number of anilines is 1. The zero-order valence-corrected chi connectivity index (χ0v) is 17.4. The number of nitrogens with zero attached hydrogens (tertiary/aromatic N) is 4. The molecule has 3 heterocycles. The van der Waals surface area contributed by atoms with Gasteiger partial charge in [-0.25, -0.2) is 9.97 Å². The van der Waals surface area contributed by atoms with Crippen LogP contribution >= 0.6 is 11.3 Å². The number of carbonyl (C=O) groups excluding carboxylic acids is 1. The molecular weight excluding hydrogens is 412 g/mol. The molecule has 4 rings (SSSR count). The summed E-state index contributed by atoms with van der Waals surface area (Å²) in [6.45, 7) is 1.72. The highest BCUT2D eigenvalue weighted by Crippen LogP contribution is 2.33. The van der Waals surface area contributed by atoms with E-state index in [2.05, 4.69) is 15.3 Å². The molecule has 0 bridgehead atoms. The molecule has 10 heteroatoms. The Hall–Kier alpha value is -2.88. The first-order valence-corrected chi connectivity index (χ1v) is 10.4. The van der Waals surface area contributed by atoms with E-state index in [9.17, 15) is 18.4 Å². The number of carbonyl (C=O) groups is 1. The number of alkyl halides is 2. The number of amides is 1. The lowest BCUT2D eigenvalue weighted by Gasteiger charge is -2.23. The summed E-state index contributed by atoms with van der Waals surface area (Å²) >= 11 is 1.06. The number of fused-ring (bicyclic) bond motifs is 1. The summed E-state index contributed by atoms with van der Waals surface area (Å²) in [5.74, 6) is -3.98. The van der Waals surface area contributed by atoms with Crippen LogP contribution in [-0.4, -0.2) is 33.0 Å². The summed E-state index contributed by atoms with van der Waals surface area (Å²) in [4.78, 5) is 35.6. The van der Waals surface area contributed by atoms with Gasteiger partial charge >= 0.3 is 5.92 Å².